The largest absolute Gasteiger partial charge is 0.462 e. The van der Waals surface area contributed by atoms with Gasteiger partial charge in [0.25, 0.3) is 0 Å². The maximum Gasteiger partial charge on any atom is 0.160 e. The molecule has 0 atom stereocenters. The number of hydrogen-bond acceptors (Lipinski definition) is 3. The van der Waals surface area contributed by atoms with Gasteiger partial charge < -0.3 is 4.42 Å². The predicted octanol–water partition coefficient (Wildman–Crippen LogP) is 7.48. The highest BCUT2D eigenvalue weighted by Gasteiger charge is 2.14. The van der Waals surface area contributed by atoms with Crippen LogP contribution in [0.5, 0.6) is 0 Å². The summed E-state index contributed by atoms with van der Waals surface area (Å²) in [5.74, 6) is 0. The van der Waals surface area contributed by atoms with E-state index in [0.717, 1.165) is 44.4 Å². The Labute approximate surface area is 180 Å². The summed E-state index contributed by atoms with van der Waals surface area (Å²) in [6.45, 7) is 4.13. The van der Waals surface area contributed by atoms with Gasteiger partial charge >= 0.3 is 0 Å². The van der Waals surface area contributed by atoms with Crippen molar-refractivity contribution in [3.8, 4) is 22.4 Å². The van der Waals surface area contributed by atoms with Gasteiger partial charge in [0.2, 0.25) is 0 Å². The summed E-state index contributed by atoms with van der Waals surface area (Å²) >= 11 is 0. The van der Waals surface area contributed by atoms with Crippen LogP contribution in [0.15, 0.2) is 89.7 Å². The van der Waals surface area contributed by atoms with Gasteiger partial charge in [-0.3, -0.25) is 4.98 Å². The monoisotopic (exact) mass is 400 g/mol. The first-order valence-electron chi connectivity index (χ1n) is 10.4. The zero-order valence-corrected chi connectivity index (χ0v) is 17.4. The highest BCUT2D eigenvalue weighted by molar-refractivity contribution is 6.09. The number of hydrogen-bond donors (Lipinski definition) is 0. The molecular formula is C28H20N2O. The van der Waals surface area contributed by atoms with Crippen molar-refractivity contribution in [3.05, 3.63) is 96.5 Å². The van der Waals surface area contributed by atoms with E-state index in [1.807, 2.05) is 25.3 Å². The molecule has 148 valence electrons. The number of pyridine rings is 2. The van der Waals surface area contributed by atoms with Crippen molar-refractivity contribution in [3.63, 3.8) is 0 Å². The molecule has 0 bridgehead atoms. The molecule has 0 saturated carbocycles. The van der Waals surface area contributed by atoms with E-state index in [1.165, 1.54) is 21.9 Å². The molecule has 0 spiro atoms. The summed E-state index contributed by atoms with van der Waals surface area (Å²) < 4.78 is 5.74. The molecule has 6 rings (SSSR count). The molecule has 0 saturated heterocycles. The van der Waals surface area contributed by atoms with E-state index < -0.39 is 0 Å². The lowest BCUT2D eigenvalue weighted by molar-refractivity contribution is 0.618. The second-order valence-electron chi connectivity index (χ2n) is 8.11. The van der Waals surface area contributed by atoms with Crippen LogP contribution < -0.4 is 0 Å². The zero-order chi connectivity index (χ0) is 20.9. The van der Waals surface area contributed by atoms with Crippen LogP contribution in [0.25, 0.3) is 55.0 Å². The van der Waals surface area contributed by atoms with E-state index >= 15 is 0 Å². The average Bonchev–Trinajstić information content (AvgIpc) is 3.27. The Kier molecular flexibility index (Phi) is 3.90. The normalized spacial score (nSPS) is 11.5. The van der Waals surface area contributed by atoms with Crippen molar-refractivity contribution in [2.75, 3.05) is 0 Å². The van der Waals surface area contributed by atoms with E-state index in [2.05, 4.69) is 67.6 Å². The molecule has 0 N–H and O–H groups in total. The number of rotatable bonds is 2. The zero-order valence-electron chi connectivity index (χ0n) is 17.4. The summed E-state index contributed by atoms with van der Waals surface area (Å²) in [5.41, 5.74) is 8.27. The summed E-state index contributed by atoms with van der Waals surface area (Å²) in [4.78, 5) is 9.48. The second kappa shape index (κ2) is 6.78. The van der Waals surface area contributed by atoms with Gasteiger partial charge in [0.1, 0.15) is 5.52 Å². The van der Waals surface area contributed by atoms with Crippen LogP contribution in [-0.4, -0.2) is 9.97 Å². The molecule has 0 aliphatic heterocycles. The van der Waals surface area contributed by atoms with Crippen LogP contribution in [0.3, 0.4) is 0 Å². The SMILES string of the molecule is Cc1ccc2cc(-c3ccnc(-c4cc5ccoc5c5nc(C)ccc45)c3)ccc2c1. The van der Waals surface area contributed by atoms with Crippen LogP contribution in [-0.2, 0) is 0 Å². The smallest absolute Gasteiger partial charge is 0.160 e. The number of aromatic nitrogens is 2. The molecule has 3 aromatic heterocycles. The van der Waals surface area contributed by atoms with Crippen molar-refractivity contribution in [1.82, 2.24) is 9.97 Å². The maximum atomic E-state index is 5.74. The molecule has 0 unspecified atom stereocenters. The van der Waals surface area contributed by atoms with Crippen molar-refractivity contribution >= 4 is 32.6 Å². The molecule has 31 heavy (non-hydrogen) atoms. The topological polar surface area (TPSA) is 38.9 Å². The Morgan fingerprint density at radius 1 is 0.710 bits per heavy atom. The second-order valence-corrected chi connectivity index (χ2v) is 8.11. The highest BCUT2D eigenvalue weighted by atomic mass is 16.3. The Hall–Kier alpha value is -3.98. The Morgan fingerprint density at radius 3 is 2.48 bits per heavy atom. The quantitative estimate of drug-likeness (QED) is 0.302. The van der Waals surface area contributed by atoms with E-state index in [0.29, 0.717) is 0 Å². The first kappa shape index (κ1) is 17.8. The van der Waals surface area contributed by atoms with Gasteiger partial charge in [-0.1, -0.05) is 42.0 Å². The lowest BCUT2D eigenvalue weighted by Crippen LogP contribution is -1.90. The molecule has 0 aliphatic carbocycles. The van der Waals surface area contributed by atoms with Crippen LogP contribution in [0.2, 0.25) is 0 Å². The third-order valence-corrected chi connectivity index (χ3v) is 5.90. The van der Waals surface area contributed by atoms with Gasteiger partial charge in [0, 0.05) is 28.2 Å². The average molecular weight is 400 g/mol. The van der Waals surface area contributed by atoms with Crippen molar-refractivity contribution < 1.29 is 4.42 Å². The summed E-state index contributed by atoms with van der Waals surface area (Å²) in [6, 6.07) is 25.7. The van der Waals surface area contributed by atoms with Gasteiger partial charge in [-0.15, -0.1) is 0 Å². The Morgan fingerprint density at radius 2 is 1.55 bits per heavy atom. The number of furan rings is 1. The van der Waals surface area contributed by atoms with E-state index in [-0.39, 0.29) is 0 Å². The molecular weight excluding hydrogens is 380 g/mol. The minimum Gasteiger partial charge on any atom is -0.462 e. The molecule has 3 heterocycles. The summed E-state index contributed by atoms with van der Waals surface area (Å²) in [6.07, 6.45) is 3.61. The number of fused-ring (bicyclic) bond motifs is 4. The first-order chi connectivity index (χ1) is 15.2. The lowest BCUT2D eigenvalue weighted by Gasteiger charge is -2.10. The third-order valence-electron chi connectivity index (χ3n) is 5.90. The molecule has 3 aromatic carbocycles. The molecule has 0 radical (unpaired) electrons. The van der Waals surface area contributed by atoms with E-state index in [9.17, 15) is 0 Å². The third kappa shape index (κ3) is 2.98. The molecule has 6 aromatic rings. The minimum absolute atomic E-state index is 0.823. The number of benzene rings is 3. The van der Waals surface area contributed by atoms with Crippen molar-refractivity contribution in [1.29, 1.82) is 0 Å². The Balaban J connectivity index is 1.55. The molecule has 3 heteroatoms. The van der Waals surface area contributed by atoms with Gasteiger partial charge in [0.05, 0.1) is 12.0 Å². The lowest BCUT2D eigenvalue weighted by atomic mass is 9.97. The summed E-state index contributed by atoms with van der Waals surface area (Å²) in [7, 11) is 0. The maximum absolute atomic E-state index is 5.74. The molecule has 0 aliphatic rings. The summed E-state index contributed by atoms with van der Waals surface area (Å²) in [5, 5.41) is 4.59. The predicted molar refractivity (Wildman–Crippen MR) is 127 cm³/mol. The fourth-order valence-electron chi connectivity index (χ4n) is 4.32. The molecule has 3 nitrogen and oxygen atoms in total. The number of aryl methyl sites for hydroxylation is 2. The van der Waals surface area contributed by atoms with Crippen LogP contribution in [0.4, 0.5) is 0 Å². The van der Waals surface area contributed by atoms with E-state index in [1.54, 1.807) is 6.26 Å². The first-order valence-corrected chi connectivity index (χ1v) is 10.4. The van der Waals surface area contributed by atoms with Crippen LogP contribution in [0.1, 0.15) is 11.3 Å². The van der Waals surface area contributed by atoms with Gasteiger partial charge in [-0.05, 0) is 72.1 Å². The van der Waals surface area contributed by atoms with Crippen molar-refractivity contribution in [2.45, 2.75) is 13.8 Å². The highest BCUT2D eigenvalue weighted by Crippen LogP contribution is 2.35. The Bertz CT molecular complexity index is 1610. The fraction of sp³-hybridized carbons (Fsp3) is 0.0714. The molecule has 0 amide bonds. The van der Waals surface area contributed by atoms with Crippen LogP contribution in [0, 0.1) is 13.8 Å². The number of nitrogens with zero attached hydrogens (tertiary/aromatic N) is 2. The standard InChI is InChI=1S/C28H20N2O/c1-17-3-5-20-14-21(7-6-19(20)13-17)22-9-11-29-26(16-22)25-15-23-10-12-31-28(23)27-24(25)8-4-18(2)30-27/h3-16H,1-2H3. The van der Waals surface area contributed by atoms with Crippen LogP contribution >= 0.6 is 0 Å². The van der Waals surface area contributed by atoms with Gasteiger partial charge in [-0.25, -0.2) is 4.98 Å². The molecule has 0 fully saturated rings. The van der Waals surface area contributed by atoms with Gasteiger partial charge in [0.15, 0.2) is 5.58 Å². The minimum atomic E-state index is 0.823. The van der Waals surface area contributed by atoms with Crippen molar-refractivity contribution in [2.24, 2.45) is 0 Å². The fourth-order valence-corrected chi connectivity index (χ4v) is 4.32. The van der Waals surface area contributed by atoms with Gasteiger partial charge in [-0.2, -0.15) is 0 Å². The van der Waals surface area contributed by atoms with E-state index in [4.69, 9.17) is 14.4 Å².